The van der Waals surface area contributed by atoms with Crippen LogP contribution in [0.3, 0.4) is 0 Å². The zero-order valence-corrected chi connectivity index (χ0v) is 14.3. The van der Waals surface area contributed by atoms with E-state index in [0.717, 1.165) is 37.3 Å². The maximum absolute atomic E-state index is 6.10. The van der Waals surface area contributed by atoms with Crippen LogP contribution in [0.15, 0.2) is 24.3 Å². The first kappa shape index (κ1) is 15.9. The normalized spacial score (nSPS) is 16.1. The van der Waals surface area contributed by atoms with Crippen LogP contribution in [0.1, 0.15) is 42.6 Å². The van der Waals surface area contributed by atoms with Crippen molar-refractivity contribution >= 4 is 23.2 Å². The zero-order chi connectivity index (χ0) is 15.5. The van der Waals surface area contributed by atoms with E-state index in [4.69, 9.17) is 28.3 Å². The number of rotatable bonds is 4. The third-order valence-corrected chi connectivity index (χ3v) is 5.03. The minimum absolute atomic E-state index is 0.597. The lowest BCUT2D eigenvalue weighted by atomic mass is 9.94. The molecule has 0 unspecified atom stereocenters. The quantitative estimate of drug-likeness (QED) is 0.902. The van der Waals surface area contributed by atoms with Crippen molar-refractivity contribution in [2.75, 3.05) is 13.1 Å². The molecule has 0 amide bonds. The van der Waals surface area contributed by atoms with E-state index in [1.807, 2.05) is 18.2 Å². The third kappa shape index (κ3) is 3.48. The van der Waals surface area contributed by atoms with E-state index < -0.39 is 0 Å². The van der Waals surface area contributed by atoms with Crippen molar-refractivity contribution in [3.05, 3.63) is 51.3 Å². The number of aryl methyl sites for hydroxylation is 1. The molecular weight excluding hydrogens is 317 g/mol. The molecule has 0 saturated carbocycles. The van der Waals surface area contributed by atoms with E-state index in [1.54, 1.807) is 0 Å². The summed E-state index contributed by atoms with van der Waals surface area (Å²) in [6.45, 7) is 5.27. The van der Waals surface area contributed by atoms with E-state index in [-0.39, 0.29) is 0 Å². The average molecular weight is 338 g/mol. The minimum Gasteiger partial charge on any atom is -0.317 e. The second kappa shape index (κ2) is 7.03. The highest BCUT2D eigenvalue weighted by Gasteiger charge is 2.20. The smallest absolute Gasteiger partial charge is 0.0671 e. The van der Waals surface area contributed by atoms with Crippen LogP contribution in [-0.2, 0) is 13.0 Å². The molecule has 1 aliphatic rings. The molecular formula is C17H21Cl2N3. The van der Waals surface area contributed by atoms with Gasteiger partial charge in [0.05, 0.1) is 15.7 Å². The lowest BCUT2D eigenvalue weighted by molar-refractivity contribution is 0.432. The van der Waals surface area contributed by atoms with Crippen LogP contribution in [0.2, 0.25) is 10.0 Å². The maximum Gasteiger partial charge on any atom is 0.0671 e. The van der Waals surface area contributed by atoms with Gasteiger partial charge in [-0.3, -0.25) is 4.68 Å². The molecule has 1 saturated heterocycles. The number of piperidine rings is 1. The van der Waals surface area contributed by atoms with Gasteiger partial charge in [-0.25, -0.2) is 0 Å². The molecule has 0 aliphatic carbocycles. The van der Waals surface area contributed by atoms with E-state index in [9.17, 15) is 0 Å². The zero-order valence-electron chi connectivity index (χ0n) is 12.8. The van der Waals surface area contributed by atoms with E-state index in [2.05, 4.69) is 23.0 Å². The van der Waals surface area contributed by atoms with Gasteiger partial charge < -0.3 is 5.32 Å². The number of hydrogen-bond acceptors (Lipinski definition) is 2. The molecule has 0 bridgehead atoms. The summed E-state index contributed by atoms with van der Waals surface area (Å²) in [5.74, 6) is 0.622. The first-order valence-corrected chi connectivity index (χ1v) is 8.64. The number of nitrogens with one attached hydrogen (secondary N) is 1. The number of nitrogens with zero attached hydrogens (tertiary/aromatic N) is 2. The Hall–Kier alpha value is -1.03. The molecule has 1 aromatic carbocycles. The van der Waals surface area contributed by atoms with Crippen molar-refractivity contribution in [1.29, 1.82) is 0 Å². The van der Waals surface area contributed by atoms with Gasteiger partial charge in [0.15, 0.2) is 0 Å². The molecule has 0 radical (unpaired) electrons. The summed E-state index contributed by atoms with van der Waals surface area (Å²) in [6.07, 6.45) is 3.18. The first-order valence-electron chi connectivity index (χ1n) is 7.88. The molecule has 1 fully saturated rings. The Labute approximate surface area is 141 Å². The van der Waals surface area contributed by atoms with Crippen LogP contribution in [0.25, 0.3) is 0 Å². The van der Waals surface area contributed by atoms with Gasteiger partial charge in [-0.2, -0.15) is 5.10 Å². The standard InChI is InChI=1S/C17H21Cl2N3/c1-2-22-17(13-5-7-20-8-6-13)11-14(21-22)9-12-3-4-15(18)16(19)10-12/h3-4,10-11,13,20H,2,5-9H2,1H3. The van der Waals surface area contributed by atoms with Crippen molar-refractivity contribution in [2.24, 2.45) is 0 Å². The molecule has 0 spiro atoms. The SMILES string of the molecule is CCn1nc(Cc2ccc(Cl)c(Cl)c2)cc1C1CCNCC1. The Balaban J connectivity index is 1.81. The minimum atomic E-state index is 0.597. The Morgan fingerprint density at radius 3 is 2.64 bits per heavy atom. The fourth-order valence-corrected chi connectivity index (χ4v) is 3.45. The molecule has 0 atom stereocenters. The Morgan fingerprint density at radius 2 is 1.95 bits per heavy atom. The molecule has 3 rings (SSSR count). The van der Waals surface area contributed by atoms with Crippen molar-refractivity contribution in [2.45, 2.75) is 38.6 Å². The average Bonchev–Trinajstić information content (AvgIpc) is 2.95. The predicted molar refractivity (Wildman–Crippen MR) is 92.0 cm³/mol. The Morgan fingerprint density at radius 1 is 1.18 bits per heavy atom. The molecule has 118 valence electrons. The summed E-state index contributed by atoms with van der Waals surface area (Å²) < 4.78 is 2.16. The number of halogens is 2. The molecule has 1 aromatic heterocycles. The highest BCUT2D eigenvalue weighted by molar-refractivity contribution is 6.42. The van der Waals surface area contributed by atoms with Crippen LogP contribution in [0.5, 0.6) is 0 Å². The lowest BCUT2D eigenvalue weighted by Crippen LogP contribution is -2.27. The predicted octanol–water partition coefficient (Wildman–Crippen LogP) is 4.27. The van der Waals surface area contributed by atoms with Crippen LogP contribution in [0.4, 0.5) is 0 Å². The highest BCUT2D eigenvalue weighted by Crippen LogP contribution is 2.28. The topological polar surface area (TPSA) is 29.9 Å². The summed E-state index contributed by atoms with van der Waals surface area (Å²) in [6, 6.07) is 8.06. The van der Waals surface area contributed by atoms with Crippen LogP contribution < -0.4 is 5.32 Å². The summed E-state index contributed by atoms with van der Waals surface area (Å²) in [5.41, 5.74) is 3.62. The molecule has 22 heavy (non-hydrogen) atoms. The molecule has 5 heteroatoms. The summed E-state index contributed by atoms with van der Waals surface area (Å²) in [5, 5.41) is 9.40. The number of benzene rings is 1. The Kier molecular flexibility index (Phi) is 5.07. The van der Waals surface area contributed by atoms with Gasteiger partial charge in [0.1, 0.15) is 0 Å². The van der Waals surface area contributed by atoms with E-state index in [1.165, 1.54) is 18.5 Å². The fraction of sp³-hybridized carbons (Fsp3) is 0.471. The second-order valence-corrected chi connectivity index (χ2v) is 6.64. The van der Waals surface area contributed by atoms with Crippen molar-refractivity contribution < 1.29 is 0 Å². The number of aromatic nitrogens is 2. The largest absolute Gasteiger partial charge is 0.317 e. The Bertz CT molecular complexity index is 645. The highest BCUT2D eigenvalue weighted by atomic mass is 35.5. The van der Waals surface area contributed by atoms with Gasteiger partial charge in [-0.15, -0.1) is 0 Å². The summed E-state index contributed by atoms with van der Waals surface area (Å²) in [7, 11) is 0. The first-order chi connectivity index (χ1) is 10.7. The van der Waals surface area contributed by atoms with Crippen LogP contribution in [0, 0.1) is 0 Å². The third-order valence-electron chi connectivity index (χ3n) is 4.29. The van der Waals surface area contributed by atoms with E-state index in [0.29, 0.717) is 16.0 Å². The second-order valence-electron chi connectivity index (χ2n) is 5.83. The molecule has 1 N–H and O–H groups in total. The molecule has 2 heterocycles. The lowest BCUT2D eigenvalue weighted by Gasteiger charge is -2.23. The van der Waals surface area contributed by atoms with Gasteiger partial charge in [0.25, 0.3) is 0 Å². The summed E-state index contributed by atoms with van der Waals surface area (Å²) in [4.78, 5) is 0. The number of hydrogen-bond donors (Lipinski definition) is 1. The molecule has 1 aliphatic heterocycles. The van der Waals surface area contributed by atoms with Gasteiger partial charge in [-0.05, 0) is 56.6 Å². The van der Waals surface area contributed by atoms with Gasteiger partial charge in [-0.1, -0.05) is 29.3 Å². The van der Waals surface area contributed by atoms with Crippen molar-refractivity contribution in [3.8, 4) is 0 Å². The van der Waals surface area contributed by atoms with E-state index >= 15 is 0 Å². The van der Waals surface area contributed by atoms with Crippen molar-refractivity contribution in [3.63, 3.8) is 0 Å². The van der Waals surface area contributed by atoms with Crippen LogP contribution in [-0.4, -0.2) is 22.9 Å². The summed E-state index contributed by atoms with van der Waals surface area (Å²) >= 11 is 12.1. The molecule has 2 aromatic rings. The molecule has 3 nitrogen and oxygen atoms in total. The van der Waals surface area contributed by atoms with Gasteiger partial charge in [0, 0.05) is 24.6 Å². The van der Waals surface area contributed by atoms with Crippen LogP contribution >= 0.6 is 23.2 Å². The fourth-order valence-electron chi connectivity index (χ4n) is 3.13. The van der Waals surface area contributed by atoms with Gasteiger partial charge >= 0.3 is 0 Å². The monoisotopic (exact) mass is 337 g/mol. The van der Waals surface area contributed by atoms with Gasteiger partial charge in [0.2, 0.25) is 0 Å². The maximum atomic E-state index is 6.10. The van der Waals surface area contributed by atoms with Crippen molar-refractivity contribution in [1.82, 2.24) is 15.1 Å².